The van der Waals surface area contributed by atoms with Crippen molar-refractivity contribution in [2.75, 3.05) is 54.5 Å². The Bertz CT molecular complexity index is 337. The fourth-order valence-electron chi connectivity index (χ4n) is 3.17. The molecular formula is C20H53N3O2Si3. The van der Waals surface area contributed by atoms with Gasteiger partial charge in [-0.25, -0.2) is 0 Å². The second-order valence-electron chi connectivity index (χ2n) is 10.3. The molecule has 28 heavy (non-hydrogen) atoms. The minimum absolute atomic E-state index is 0.793. The highest BCUT2D eigenvalue weighted by molar-refractivity contribution is 6.90. The molecule has 0 aromatic heterocycles. The van der Waals surface area contributed by atoms with Crippen molar-refractivity contribution in [3.8, 4) is 0 Å². The van der Waals surface area contributed by atoms with Crippen LogP contribution < -0.4 is 4.65 Å². The molecule has 8 heteroatoms. The maximum absolute atomic E-state index is 6.26. The van der Waals surface area contributed by atoms with Gasteiger partial charge in [0.15, 0.2) is 0 Å². The van der Waals surface area contributed by atoms with Gasteiger partial charge in [0.05, 0.1) is 0 Å². The number of likely N-dealkylation sites (N-methyl/N-ethyl adjacent to an activating group) is 2. The molecule has 1 N–H and O–H groups in total. The fraction of sp³-hybridized carbons (Fsp3) is 1.00. The zero-order valence-electron chi connectivity index (χ0n) is 21.4. The summed E-state index contributed by atoms with van der Waals surface area (Å²) in [5, 5.41) is 0. The van der Waals surface area contributed by atoms with Gasteiger partial charge in [0.1, 0.15) is 16.5 Å². The summed E-state index contributed by atoms with van der Waals surface area (Å²) in [5.41, 5.74) is 0. The van der Waals surface area contributed by atoms with E-state index in [4.69, 9.17) is 8.85 Å². The van der Waals surface area contributed by atoms with E-state index in [1.807, 2.05) is 0 Å². The topological polar surface area (TPSA) is 37.0 Å². The van der Waals surface area contributed by atoms with Gasteiger partial charge < -0.3 is 23.3 Å². The molecule has 0 atom stereocenters. The fourth-order valence-corrected chi connectivity index (χ4v) is 15.5. The van der Waals surface area contributed by atoms with Gasteiger partial charge in [-0.05, 0) is 40.3 Å². The molecule has 0 spiro atoms. The molecule has 0 rings (SSSR count). The van der Waals surface area contributed by atoms with Crippen LogP contribution in [0.15, 0.2) is 0 Å². The number of hydrogen-bond donors (Lipinski definition) is 1. The first kappa shape index (κ1) is 30.6. The van der Waals surface area contributed by atoms with Gasteiger partial charge in [-0.1, -0.05) is 66.0 Å². The van der Waals surface area contributed by atoms with Crippen LogP contribution in [0.1, 0.15) is 26.7 Å². The quantitative estimate of drug-likeness (QED) is 0.389. The minimum Gasteiger partial charge on any atom is -0.393 e. The van der Waals surface area contributed by atoms with Gasteiger partial charge >= 0.3 is 8.56 Å². The lowest BCUT2D eigenvalue weighted by Gasteiger charge is -2.31. The maximum Gasteiger partial charge on any atom is 0.338 e. The Morgan fingerprint density at radius 1 is 0.643 bits per heavy atom. The van der Waals surface area contributed by atoms with Crippen molar-refractivity contribution in [2.45, 2.75) is 78.1 Å². The van der Waals surface area contributed by atoms with Gasteiger partial charge in [0.25, 0.3) is 0 Å². The molecule has 0 unspecified atom stereocenters. The van der Waals surface area contributed by atoms with Crippen molar-refractivity contribution in [3.63, 3.8) is 0 Å². The minimum atomic E-state index is -1.98. The lowest BCUT2D eigenvalue weighted by Crippen LogP contribution is -2.55. The van der Waals surface area contributed by atoms with E-state index < -0.39 is 25.0 Å². The average Bonchev–Trinajstić information content (AvgIpc) is 2.43. The van der Waals surface area contributed by atoms with Crippen LogP contribution in [0, 0.1) is 0 Å². The number of rotatable bonds is 14. The standard InChI is InChI=1S/C14H34N2O2Si.C6H19NSi2/c1-7-13-19(14-8-2,17-11-9-15(3)4)18-12-10-16(5)6;1-8(2,3)7-9(4,5)6/h7-14H2,1-6H3;7H,1-6H3. The third kappa shape index (κ3) is 21.2. The van der Waals surface area contributed by atoms with Crippen LogP contribution in [-0.2, 0) is 8.85 Å². The van der Waals surface area contributed by atoms with Gasteiger partial charge in [-0.2, -0.15) is 0 Å². The van der Waals surface area contributed by atoms with E-state index in [-0.39, 0.29) is 0 Å². The largest absolute Gasteiger partial charge is 0.393 e. The van der Waals surface area contributed by atoms with E-state index in [0.717, 1.165) is 51.2 Å². The molecule has 0 aromatic carbocycles. The third-order valence-electron chi connectivity index (χ3n) is 3.82. The van der Waals surface area contributed by atoms with Gasteiger partial charge in [0, 0.05) is 26.3 Å². The highest BCUT2D eigenvalue weighted by atomic mass is 28.4. The molecular weight excluding hydrogens is 398 g/mol. The predicted octanol–water partition coefficient (Wildman–Crippen LogP) is 4.65. The van der Waals surface area contributed by atoms with Crippen molar-refractivity contribution < 1.29 is 8.85 Å². The Balaban J connectivity index is 0. The highest BCUT2D eigenvalue weighted by Crippen LogP contribution is 2.23. The maximum atomic E-state index is 6.26. The molecule has 0 saturated carbocycles. The SMILES string of the molecule is CCC[Si](CCC)(OCCN(C)C)OCCN(C)C.C[Si](C)(C)N[Si](C)(C)C. The van der Waals surface area contributed by atoms with Crippen molar-refractivity contribution in [2.24, 2.45) is 0 Å². The normalized spacial score (nSPS) is 13.1. The monoisotopic (exact) mass is 451 g/mol. The summed E-state index contributed by atoms with van der Waals surface area (Å²) in [6.07, 6.45) is 2.30. The molecule has 0 amide bonds. The van der Waals surface area contributed by atoms with Crippen molar-refractivity contribution in [3.05, 3.63) is 0 Å². The molecule has 0 saturated heterocycles. The van der Waals surface area contributed by atoms with Crippen LogP contribution in [0.2, 0.25) is 51.4 Å². The highest BCUT2D eigenvalue weighted by Gasteiger charge is 2.35. The summed E-state index contributed by atoms with van der Waals surface area (Å²) >= 11 is 0. The zero-order chi connectivity index (χ0) is 22.4. The van der Waals surface area contributed by atoms with Crippen LogP contribution in [0.3, 0.4) is 0 Å². The van der Waals surface area contributed by atoms with Gasteiger partial charge in [-0.3, -0.25) is 0 Å². The first-order valence-corrected chi connectivity index (χ1v) is 20.3. The average molecular weight is 452 g/mol. The second kappa shape index (κ2) is 15.3. The smallest absolute Gasteiger partial charge is 0.338 e. The van der Waals surface area contributed by atoms with E-state index in [1.165, 1.54) is 0 Å². The summed E-state index contributed by atoms with van der Waals surface area (Å²) in [4.78, 5) is 4.33. The molecule has 0 heterocycles. The Kier molecular flexibility index (Phi) is 16.7. The lowest BCUT2D eigenvalue weighted by atomic mass is 10.6. The van der Waals surface area contributed by atoms with Crippen molar-refractivity contribution >= 4 is 25.0 Å². The van der Waals surface area contributed by atoms with Crippen LogP contribution >= 0.6 is 0 Å². The molecule has 0 aliphatic carbocycles. The summed E-state index contributed by atoms with van der Waals surface area (Å²) in [7, 11) is 4.39. The van der Waals surface area contributed by atoms with Crippen molar-refractivity contribution in [1.29, 1.82) is 0 Å². The van der Waals surface area contributed by atoms with E-state index in [2.05, 4.69) is 95.8 Å². The van der Waals surface area contributed by atoms with Crippen LogP contribution in [0.5, 0.6) is 0 Å². The molecule has 0 bridgehead atoms. The molecule has 0 fully saturated rings. The van der Waals surface area contributed by atoms with Crippen LogP contribution in [0.25, 0.3) is 0 Å². The Morgan fingerprint density at radius 2 is 0.964 bits per heavy atom. The van der Waals surface area contributed by atoms with E-state index in [1.54, 1.807) is 0 Å². The Hall–Kier alpha value is 0.451. The summed E-state index contributed by atoms with van der Waals surface area (Å²) in [6.45, 7) is 22.1. The first-order chi connectivity index (χ1) is 12.7. The molecule has 0 radical (unpaired) electrons. The first-order valence-electron chi connectivity index (χ1n) is 11.0. The third-order valence-corrected chi connectivity index (χ3v) is 13.8. The zero-order valence-corrected chi connectivity index (χ0v) is 24.4. The number of hydrogen-bond acceptors (Lipinski definition) is 5. The van der Waals surface area contributed by atoms with Crippen LogP contribution in [-0.4, -0.2) is 89.3 Å². The number of nitrogens with one attached hydrogen (secondary N) is 1. The van der Waals surface area contributed by atoms with Crippen molar-refractivity contribution in [1.82, 2.24) is 14.4 Å². The van der Waals surface area contributed by atoms with Gasteiger partial charge in [0.2, 0.25) is 0 Å². The van der Waals surface area contributed by atoms with Gasteiger partial charge in [-0.15, -0.1) is 0 Å². The van der Waals surface area contributed by atoms with E-state index in [9.17, 15) is 0 Å². The predicted molar refractivity (Wildman–Crippen MR) is 135 cm³/mol. The summed E-state index contributed by atoms with van der Waals surface area (Å²) < 4.78 is 16.3. The molecule has 0 aliphatic rings. The summed E-state index contributed by atoms with van der Waals surface area (Å²) in [5.74, 6) is 0. The van der Waals surface area contributed by atoms with E-state index in [0.29, 0.717) is 0 Å². The summed E-state index contributed by atoms with van der Waals surface area (Å²) in [6, 6.07) is 2.23. The molecule has 0 aromatic rings. The number of nitrogens with zero attached hydrogens (tertiary/aromatic N) is 2. The Labute approximate surface area is 181 Å². The lowest BCUT2D eigenvalue weighted by molar-refractivity contribution is 0.144. The molecule has 0 aliphatic heterocycles. The van der Waals surface area contributed by atoms with Crippen LogP contribution in [0.4, 0.5) is 0 Å². The molecule has 172 valence electrons. The Morgan fingerprint density at radius 3 is 1.14 bits per heavy atom. The molecule has 5 nitrogen and oxygen atoms in total. The van der Waals surface area contributed by atoms with E-state index >= 15 is 0 Å². The second-order valence-corrected chi connectivity index (χ2v) is 23.7.